The molecule has 3 heterocycles. The molecular weight excluding hydrogens is 411 g/mol. The fraction of sp³-hybridized carbons (Fsp3) is 0.304. The van der Waals surface area contributed by atoms with Crippen molar-refractivity contribution in [3.05, 3.63) is 72.2 Å². The minimum absolute atomic E-state index is 0.213. The molecule has 0 spiro atoms. The van der Waals surface area contributed by atoms with Crippen molar-refractivity contribution in [2.75, 3.05) is 23.8 Å². The zero-order valence-electron chi connectivity index (χ0n) is 17.8. The average molecular weight is 436 g/mol. The third-order valence-electron chi connectivity index (χ3n) is 5.32. The Morgan fingerprint density at radius 1 is 1.34 bits per heavy atom. The van der Waals surface area contributed by atoms with E-state index in [1.807, 2.05) is 19.4 Å². The number of carbonyl (C=O) groups is 1. The summed E-state index contributed by atoms with van der Waals surface area (Å²) >= 11 is 0. The number of nitrogens with zero attached hydrogens (tertiary/aromatic N) is 4. The second-order valence-corrected chi connectivity index (χ2v) is 7.69. The zero-order valence-corrected chi connectivity index (χ0v) is 17.8. The van der Waals surface area contributed by atoms with Gasteiger partial charge in [0.05, 0.1) is 11.9 Å². The summed E-state index contributed by atoms with van der Waals surface area (Å²) in [5, 5.41) is 9.97. The minimum atomic E-state index is -0.452. The van der Waals surface area contributed by atoms with E-state index in [2.05, 4.69) is 27.3 Å². The number of halogens is 1. The van der Waals surface area contributed by atoms with Crippen molar-refractivity contribution >= 4 is 23.1 Å². The van der Waals surface area contributed by atoms with E-state index in [0.29, 0.717) is 37.0 Å². The fourth-order valence-electron chi connectivity index (χ4n) is 3.69. The molecule has 0 saturated carbocycles. The van der Waals surface area contributed by atoms with Gasteiger partial charge in [-0.05, 0) is 48.6 Å². The molecule has 166 valence electrons. The molecule has 0 aliphatic carbocycles. The Morgan fingerprint density at radius 3 is 2.88 bits per heavy atom. The molecule has 0 atom stereocenters. The highest BCUT2D eigenvalue weighted by Crippen LogP contribution is 2.33. The third-order valence-corrected chi connectivity index (χ3v) is 5.32. The molecule has 0 unspecified atom stereocenters. The topological polar surface area (TPSA) is 94.0 Å². The van der Waals surface area contributed by atoms with E-state index in [1.165, 1.54) is 18.2 Å². The smallest absolute Gasteiger partial charge is 0.247 e. The normalized spacial score (nSPS) is 14.2. The summed E-state index contributed by atoms with van der Waals surface area (Å²) in [5.41, 5.74) is 2.57. The molecule has 8 nitrogen and oxygen atoms in total. The highest BCUT2D eigenvalue weighted by atomic mass is 19.1. The minimum Gasteiger partial charge on any atom is -0.381 e. The Labute approximate surface area is 185 Å². The predicted molar refractivity (Wildman–Crippen MR) is 119 cm³/mol. The van der Waals surface area contributed by atoms with E-state index in [0.717, 1.165) is 30.0 Å². The monoisotopic (exact) mass is 436 g/mol. The van der Waals surface area contributed by atoms with E-state index in [-0.39, 0.29) is 17.5 Å². The number of hydrogen-bond acceptors (Lipinski definition) is 6. The summed E-state index contributed by atoms with van der Waals surface area (Å²) in [4.78, 5) is 20.9. The molecule has 1 aliphatic heterocycles. The van der Waals surface area contributed by atoms with Gasteiger partial charge in [-0.1, -0.05) is 6.58 Å². The van der Waals surface area contributed by atoms with E-state index in [1.54, 1.807) is 10.9 Å². The van der Waals surface area contributed by atoms with Crippen LogP contribution in [0, 0.1) is 5.82 Å². The van der Waals surface area contributed by atoms with Gasteiger partial charge in [-0.3, -0.25) is 9.48 Å². The van der Waals surface area contributed by atoms with Gasteiger partial charge < -0.3 is 15.4 Å². The number of nitrogens with one attached hydrogen (secondary N) is 2. The molecule has 1 fully saturated rings. The Morgan fingerprint density at radius 2 is 2.16 bits per heavy atom. The maximum atomic E-state index is 14.6. The molecular formula is C23H25FN6O2. The van der Waals surface area contributed by atoms with Gasteiger partial charge in [0, 0.05) is 50.3 Å². The van der Waals surface area contributed by atoms with Gasteiger partial charge in [-0.2, -0.15) is 5.10 Å². The number of aryl methyl sites for hydroxylation is 1. The fourth-order valence-corrected chi connectivity index (χ4v) is 3.69. The largest absolute Gasteiger partial charge is 0.381 e. The maximum absolute atomic E-state index is 14.6. The van der Waals surface area contributed by atoms with Crippen LogP contribution in [-0.4, -0.2) is 38.9 Å². The molecule has 0 bridgehead atoms. The molecule has 1 aliphatic rings. The molecule has 1 aromatic carbocycles. The van der Waals surface area contributed by atoms with Crippen LogP contribution in [0.4, 0.5) is 21.6 Å². The van der Waals surface area contributed by atoms with Crippen LogP contribution in [0.1, 0.15) is 35.7 Å². The van der Waals surface area contributed by atoms with Crippen LogP contribution in [-0.2, 0) is 23.0 Å². The summed E-state index contributed by atoms with van der Waals surface area (Å²) in [6.07, 6.45) is 8.86. The van der Waals surface area contributed by atoms with Gasteiger partial charge in [0.2, 0.25) is 5.91 Å². The molecule has 9 heteroatoms. The number of hydrogen-bond donors (Lipinski definition) is 2. The predicted octanol–water partition coefficient (Wildman–Crippen LogP) is 3.70. The van der Waals surface area contributed by atoms with Crippen LogP contribution in [0.5, 0.6) is 0 Å². The number of amides is 1. The number of carbonyl (C=O) groups excluding carboxylic acids is 1. The van der Waals surface area contributed by atoms with E-state index in [4.69, 9.17) is 9.72 Å². The first kappa shape index (κ1) is 21.6. The van der Waals surface area contributed by atoms with Gasteiger partial charge >= 0.3 is 0 Å². The van der Waals surface area contributed by atoms with Crippen LogP contribution < -0.4 is 10.6 Å². The lowest BCUT2D eigenvalue weighted by atomic mass is 9.93. The lowest BCUT2D eigenvalue weighted by molar-refractivity contribution is -0.111. The second-order valence-electron chi connectivity index (χ2n) is 7.69. The van der Waals surface area contributed by atoms with Crippen molar-refractivity contribution in [1.82, 2.24) is 19.7 Å². The average Bonchev–Trinajstić information content (AvgIpc) is 3.21. The summed E-state index contributed by atoms with van der Waals surface area (Å²) in [6.45, 7) is 4.77. The van der Waals surface area contributed by atoms with Gasteiger partial charge in [-0.15, -0.1) is 0 Å². The Kier molecular flexibility index (Phi) is 6.55. The first-order valence-electron chi connectivity index (χ1n) is 10.4. The van der Waals surface area contributed by atoms with Crippen LogP contribution in [0.25, 0.3) is 0 Å². The lowest BCUT2D eigenvalue weighted by Gasteiger charge is -2.24. The molecule has 2 N–H and O–H groups in total. The first-order valence-corrected chi connectivity index (χ1v) is 10.4. The maximum Gasteiger partial charge on any atom is 0.247 e. The highest BCUT2D eigenvalue weighted by molar-refractivity contribution is 5.99. The molecule has 1 amide bonds. The van der Waals surface area contributed by atoms with Crippen LogP contribution in [0.2, 0.25) is 0 Å². The van der Waals surface area contributed by atoms with Crippen molar-refractivity contribution in [2.45, 2.75) is 25.2 Å². The number of benzene rings is 1. The summed E-state index contributed by atoms with van der Waals surface area (Å²) < 4.78 is 21.8. The summed E-state index contributed by atoms with van der Waals surface area (Å²) in [6, 6.07) is 4.33. The molecule has 0 radical (unpaired) electrons. The van der Waals surface area contributed by atoms with Gasteiger partial charge in [0.1, 0.15) is 17.5 Å². The molecule has 3 aromatic rings. The molecule has 2 aromatic heterocycles. The van der Waals surface area contributed by atoms with E-state index < -0.39 is 5.82 Å². The Balaban J connectivity index is 1.66. The van der Waals surface area contributed by atoms with Crippen LogP contribution in [0.15, 0.2) is 49.4 Å². The van der Waals surface area contributed by atoms with Crippen LogP contribution >= 0.6 is 0 Å². The van der Waals surface area contributed by atoms with Gasteiger partial charge in [0.15, 0.2) is 0 Å². The van der Waals surface area contributed by atoms with Crippen molar-refractivity contribution in [2.24, 2.45) is 7.05 Å². The molecule has 4 rings (SSSR count). The molecule has 1 saturated heterocycles. The standard InChI is InChI=1S/C23H25FN6O2/c1-3-22(31)27-17-4-5-19(24)20(11-17)28-23-18(16-6-8-32-9-7-16)13-25-21(29-23)10-15-12-26-30(2)14-15/h3-5,11-14,16H,1,6-10H2,2H3,(H,27,31)(H,25,28,29). The van der Waals surface area contributed by atoms with Crippen LogP contribution in [0.3, 0.4) is 0 Å². The summed E-state index contributed by atoms with van der Waals surface area (Å²) in [5.74, 6) is 0.549. The Bertz CT molecular complexity index is 1120. The quantitative estimate of drug-likeness (QED) is 0.549. The third kappa shape index (κ3) is 5.17. The lowest BCUT2D eigenvalue weighted by Crippen LogP contribution is -2.17. The highest BCUT2D eigenvalue weighted by Gasteiger charge is 2.22. The second kappa shape index (κ2) is 9.69. The van der Waals surface area contributed by atoms with Gasteiger partial charge in [-0.25, -0.2) is 14.4 Å². The number of ether oxygens (including phenoxy) is 1. The number of aromatic nitrogens is 4. The Hall–Kier alpha value is -3.59. The number of anilines is 3. The summed E-state index contributed by atoms with van der Waals surface area (Å²) in [7, 11) is 1.85. The first-order chi connectivity index (χ1) is 15.5. The number of rotatable bonds is 7. The van der Waals surface area contributed by atoms with Crippen molar-refractivity contribution in [1.29, 1.82) is 0 Å². The van der Waals surface area contributed by atoms with E-state index >= 15 is 0 Å². The van der Waals surface area contributed by atoms with E-state index in [9.17, 15) is 9.18 Å². The van der Waals surface area contributed by atoms with Crippen molar-refractivity contribution in [3.8, 4) is 0 Å². The zero-order chi connectivity index (χ0) is 22.5. The van der Waals surface area contributed by atoms with Crippen molar-refractivity contribution in [3.63, 3.8) is 0 Å². The molecule has 32 heavy (non-hydrogen) atoms. The SMILES string of the molecule is C=CC(=O)Nc1ccc(F)c(Nc2nc(Cc3cnn(C)c3)ncc2C2CCOCC2)c1. The van der Waals surface area contributed by atoms with Gasteiger partial charge in [0.25, 0.3) is 0 Å². The van der Waals surface area contributed by atoms with Crippen molar-refractivity contribution < 1.29 is 13.9 Å².